The van der Waals surface area contributed by atoms with E-state index >= 15 is 0 Å². The Morgan fingerprint density at radius 3 is 2.53 bits per heavy atom. The van der Waals surface area contributed by atoms with Crippen molar-refractivity contribution in [1.82, 2.24) is 9.80 Å². The van der Waals surface area contributed by atoms with Crippen LogP contribution >= 0.6 is 0 Å². The summed E-state index contributed by atoms with van der Waals surface area (Å²) in [4.78, 5) is 15.9. The van der Waals surface area contributed by atoms with Gasteiger partial charge in [-0.25, -0.2) is 0 Å². The first-order valence-corrected chi connectivity index (χ1v) is 5.87. The molecular formula is C12H24N2O. The van der Waals surface area contributed by atoms with E-state index in [4.69, 9.17) is 0 Å². The fourth-order valence-electron chi connectivity index (χ4n) is 2.59. The van der Waals surface area contributed by atoms with Crippen LogP contribution in [0.15, 0.2) is 0 Å². The van der Waals surface area contributed by atoms with Gasteiger partial charge in [0, 0.05) is 25.0 Å². The lowest BCUT2D eigenvalue weighted by atomic mass is 9.99. The van der Waals surface area contributed by atoms with Crippen molar-refractivity contribution in [1.29, 1.82) is 0 Å². The van der Waals surface area contributed by atoms with Gasteiger partial charge >= 0.3 is 0 Å². The van der Waals surface area contributed by atoms with Gasteiger partial charge in [-0.15, -0.1) is 0 Å². The van der Waals surface area contributed by atoms with Crippen molar-refractivity contribution in [3.8, 4) is 0 Å². The largest absolute Gasteiger partial charge is 0.336 e. The number of likely N-dealkylation sites (N-methyl/N-ethyl adjacent to an activating group) is 1. The molecule has 0 radical (unpaired) electrons. The second-order valence-corrected chi connectivity index (χ2v) is 5.28. The molecule has 3 heteroatoms. The molecule has 0 aromatic carbocycles. The van der Waals surface area contributed by atoms with E-state index in [2.05, 4.69) is 32.7 Å². The number of likely N-dealkylation sites (tertiary alicyclic amines) is 1. The van der Waals surface area contributed by atoms with Gasteiger partial charge in [0.05, 0.1) is 0 Å². The third kappa shape index (κ3) is 2.71. The fourth-order valence-corrected chi connectivity index (χ4v) is 2.59. The fraction of sp³-hybridized carbons (Fsp3) is 0.917. The van der Waals surface area contributed by atoms with Crippen molar-refractivity contribution in [2.45, 2.75) is 52.1 Å². The van der Waals surface area contributed by atoms with Gasteiger partial charge in [0.15, 0.2) is 0 Å². The average Bonchev–Trinajstić information content (AvgIpc) is 2.42. The number of rotatable bonds is 3. The number of amides is 1. The summed E-state index contributed by atoms with van der Waals surface area (Å²) >= 11 is 0. The van der Waals surface area contributed by atoms with Crippen molar-refractivity contribution >= 4 is 5.91 Å². The SMILES string of the molecule is CCCN(C)C1CN(C(C)=O)C(C)(C)C1. The number of carbonyl (C=O) groups is 1. The molecule has 1 aliphatic heterocycles. The summed E-state index contributed by atoms with van der Waals surface area (Å²) in [7, 11) is 2.16. The van der Waals surface area contributed by atoms with Gasteiger partial charge in [-0.3, -0.25) is 4.79 Å². The molecule has 1 rings (SSSR count). The zero-order valence-corrected chi connectivity index (χ0v) is 10.7. The summed E-state index contributed by atoms with van der Waals surface area (Å²) in [6.45, 7) is 10.2. The summed E-state index contributed by atoms with van der Waals surface area (Å²) in [5, 5.41) is 0. The van der Waals surface area contributed by atoms with Gasteiger partial charge in [-0.05, 0) is 40.3 Å². The van der Waals surface area contributed by atoms with Crippen molar-refractivity contribution < 1.29 is 4.79 Å². The Morgan fingerprint density at radius 2 is 2.13 bits per heavy atom. The molecule has 1 amide bonds. The van der Waals surface area contributed by atoms with Crippen molar-refractivity contribution in [2.75, 3.05) is 20.1 Å². The van der Waals surface area contributed by atoms with Crippen LogP contribution in [0.5, 0.6) is 0 Å². The van der Waals surface area contributed by atoms with Gasteiger partial charge in [0.25, 0.3) is 0 Å². The van der Waals surface area contributed by atoms with Gasteiger partial charge in [-0.1, -0.05) is 6.92 Å². The molecule has 0 spiro atoms. The first kappa shape index (κ1) is 12.5. The van der Waals surface area contributed by atoms with Gasteiger partial charge in [0.2, 0.25) is 5.91 Å². The molecule has 0 aliphatic carbocycles. The maximum Gasteiger partial charge on any atom is 0.219 e. The molecular weight excluding hydrogens is 188 g/mol. The van der Waals surface area contributed by atoms with Crippen LogP contribution in [-0.4, -0.2) is 47.4 Å². The van der Waals surface area contributed by atoms with E-state index < -0.39 is 0 Å². The molecule has 1 saturated heterocycles. The molecule has 0 bridgehead atoms. The van der Waals surface area contributed by atoms with Crippen LogP contribution in [0.2, 0.25) is 0 Å². The minimum atomic E-state index is 0.0263. The first-order valence-electron chi connectivity index (χ1n) is 5.87. The van der Waals surface area contributed by atoms with E-state index in [1.54, 1.807) is 6.92 Å². The summed E-state index contributed by atoms with van der Waals surface area (Å²) in [6, 6.07) is 0.531. The van der Waals surface area contributed by atoms with Gasteiger partial charge in [0.1, 0.15) is 0 Å². The molecule has 0 aromatic rings. The minimum absolute atomic E-state index is 0.0263. The van der Waals surface area contributed by atoms with Gasteiger partial charge < -0.3 is 9.80 Å². The number of carbonyl (C=O) groups excluding carboxylic acids is 1. The molecule has 0 saturated carbocycles. The predicted octanol–water partition coefficient (Wildman–Crippen LogP) is 1.73. The first-order chi connectivity index (χ1) is 6.88. The Morgan fingerprint density at radius 1 is 1.53 bits per heavy atom. The molecule has 88 valence electrons. The molecule has 15 heavy (non-hydrogen) atoms. The number of hydrogen-bond donors (Lipinski definition) is 0. The molecule has 1 atom stereocenters. The van der Waals surface area contributed by atoms with Crippen LogP contribution < -0.4 is 0 Å². The second kappa shape index (κ2) is 4.52. The van der Waals surface area contributed by atoms with Crippen molar-refractivity contribution in [3.05, 3.63) is 0 Å². The standard InChI is InChI=1S/C12H24N2O/c1-6-7-13(5)11-8-12(3,4)14(9-11)10(2)15/h11H,6-9H2,1-5H3. The summed E-state index contributed by atoms with van der Waals surface area (Å²) in [5.41, 5.74) is 0.0263. The molecule has 1 heterocycles. The highest BCUT2D eigenvalue weighted by molar-refractivity contribution is 5.74. The van der Waals surface area contributed by atoms with Crippen LogP contribution in [0.3, 0.4) is 0 Å². The quantitative estimate of drug-likeness (QED) is 0.711. The molecule has 3 nitrogen and oxygen atoms in total. The molecule has 0 N–H and O–H groups in total. The molecule has 1 aliphatic rings. The average molecular weight is 212 g/mol. The Labute approximate surface area is 93.4 Å². The Hall–Kier alpha value is -0.570. The zero-order valence-electron chi connectivity index (χ0n) is 10.7. The summed E-state index contributed by atoms with van der Waals surface area (Å²) < 4.78 is 0. The maximum atomic E-state index is 11.5. The van der Waals surface area contributed by atoms with Crippen molar-refractivity contribution in [2.24, 2.45) is 0 Å². The van der Waals surface area contributed by atoms with E-state index in [0.717, 1.165) is 19.5 Å². The van der Waals surface area contributed by atoms with E-state index in [0.29, 0.717) is 6.04 Å². The molecule has 0 aromatic heterocycles. The Bertz CT molecular complexity index is 238. The van der Waals surface area contributed by atoms with E-state index in [1.165, 1.54) is 6.42 Å². The lowest BCUT2D eigenvalue weighted by Gasteiger charge is -2.30. The lowest BCUT2D eigenvalue weighted by molar-refractivity contribution is -0.131. The van der Waals surface area contributed by atoms with Crippen molar-refractivity contribution in [3.63, 3.8) is 0 Å². The normalized spacial score (nSPS) is 24.9. The summed E-state index contributed by atoms with van der Waals surface area (Å²) in [6.07, 6.45) is 2.26. The monoisotopic (exact) mass is 212 g/mol. The van der Waals surface area contributed by atoms with E-state index in [-0.39, 0.29) is 11.4 Å². The smallest absolute Gasteiger partial charge is 0.219 e. The molecule has 1 unspecified atom stereocenters. The Kier molecular flexibility index (Phi) is 3.77. The number of nitrogens with zero attached hydrogens (tertiary/aromatic N) is 2. The van der Waals surface area contributed by atoms with E-state index in [9.17, 15) is 4.79 Å². The topological polar surface area (TPSA) is 23.6 Å². The van der Waals surface area contributed by atoms with Crippen LogP contribution in [0.25, 0.3) is 0 Å². The molecule has 1 fully saturated rings. The highest BCUT2D eigenvalue weighted by Crippen LogP contribution is 2.30. The summed E-state index contributed by atoms with van der Waals surface area (Å²) in [5.74, 6) is 0.201. The van der Waals surface area contributed by atoms with E-state index in [1.807, 2.05) is 4.90 Å². The third-order valence-electron chi connectivity index (χ3n) is 3.44. The van der Waals surface area contributed by atoms with Crippen LogP contribution in [-0.2, 0) is 4.79 Å². The second-order valence-electron chi connectivity index (χ2n) is 5.28. The number of hydrogen-bond acceptors (Lipinski definition) is 2. The highest BCUT2D eigenvalue weighted by Gasteiger charge is 2.40. The highest BCUT2D eigenvalue weighted by atomic mass is 16.2. The van der Waals surface area contributed by atoms with Gasteiger partial charge in [-0.2, -0.15) is 0 Å². The zero-order chi connectivity index (χ0) is 11.6. The van der Waals surface area contributed by atoms with Crippen LogP contribution in [0.4, 0.5) is 0 Å². The maximum absolute atomic E-state index is 11.5. The van der Waals surface area contributed by atoms with Crippen LogP contribution in [0.1, 0.15) is 40.5 Å². The van der Waals surface area contributed by atoms with Crippen LogP contribution in [0, 0.1) is 0 Å². The lowest BCUT2D eigenvalue weighted by Crippen LogP contribution is -2.41. The predicted molar refractivity (Wildman–Crippen MR) is 62.8 cm³/mol. The third-order valence-corrected chi connectivity index (χ3v) is 3.44. The minimum Gasteiger partial charge on any atom is -0.336 e. The Balaban J connectivity index is 2.65.